The van der Waals surface area contributed by atoms with Gasteiger partial charge in [-0.15, -0.1) is 0 Å². The van der Waals surface area contributed by atoms with Crippen LogP contribution in [0.2, 0.25) is 0 Å². The van der Waals surface area contributed by atoms with Gasteiger partial charge in [0.15, 0.2) is 5.78 Å². The molecule has 9 heteroatoms. The number of nitrogens with one attached hydrogen (secondary N) is 1. The average molecular weight is 402 g/mol. The Kier molecular flexibility index (Phi) is 6.40. The average Bonchev–Trinajstić information content (AvgIpc) is 2.70. The lowest BCUT2D eigenvalue weighted by molar-refractivity contribution is 0.103. The van der Waals surface area contributed by atoms with E-state index in [4.69, 9.17) is 4.74 Å². The number of aromatic nitrogens is 2. The smallest absolute Gasteiger partial charge is 0.232 e. The summed E-state index contributed by atoms with van der Waals surface area (Å²) in [6.07, 6.45) is 2.19. The van der Waals surface area contributed by atoms with Gasteiger partial charge in [0.25, 0.3) is 0 Å². The molecule has 0 fully saturated rings. The van der Waals surface area contributed by atoms with Crippen LogP contribution in [0.1, 0.15) is 27.9 Å². The summed E-state index contributed by atoms with van der Waals surface area (Å²) in [6.45, 7) is 0.193. The van der Waals surface area contributed by atoms with Crippen LogP contribution >= 0.6 is 0 Å². The van der Waals surface area contributed by atoms with Crippen LogP contribution in [-0.4, -0.2) is 38.2 Å². The summed E-state index contributed by atoms with van der Waals surface area (Å²) < 4.78 is 43.0. The van der Waals surface area contributed by atoms with E-state index in [-0.39, 0.29) is 17.7 Å². The Morgan fingerprint density at radius 1 is 1.29 bits per heavy atom. The predicted molar refractivity (Wildman–Crippen MR) is 101 cm³/mol. The molecule has 1 unspecified atom stereocenters. The third kappa shape index (κ3) is 4.56. The number of rotatable bonds is 8. The van der Waals surface area contributed by atoms with Crippen molar-refractivity contribution in [2.45, 2.75) is 12.8 Å². The summed E-state index contributed by atoms with van der Waals surface area (Å²) in [4.78, 5) is 21.3. The van der Waals surface area contributed by atoms with Crippen molar-refractivity contribution < 1.29 is 22.7 Å². The number of ether oxygens (including phenoxy) is 1. The molecule has 0 radical (unpaired) electrons. The van der Waals surface area contributed by atoms with Gasteiger partial charge in [0, 0.05) is 23.4 Å². The van der Waals surface area contributed by atoms with E-state index >= 15 is 0 Å². The monoisotopic (exact) mass is 402 g/mol. The van der Waals surface area contributed by atoms with Gasteiger partial charge in [-0.1, -0.05) is 12.1 Å². The Balaban J connectivity index is 1.84. The Bertz CT molecular complexity index is 1040. The zero-order chi connectivity index (χ0) is 20.1. The van der Waals surface area contributed by atoms with Crippen LogP contribution in [0.15, 0.2) is 42.6 Å². The van der Waals surface area contributed by atoms with Gasteiger partial charge in [-0.05, 0) is 42.7 Å². The fourth-order valence-corrected chi connectivity index (χ4v) is 3.08. The number of methoxy groups -OCH3 is 1. The number of halogens is 1. The molecule has 0 saturated heterocycles. The molecule has 1 N–H and O–H groups in total. The molecule has 0 spiro atoms. The van der Waals surface area contributed by atoms with Gasteiger partial charge in [-0.3, -0.25) is 9.00 Å². The molecule has 146 valence electrons. The Morgan fingerprint density at radius 3 is 2.86 bits per heavy atom. The highest BCUT2D eigenvalue weighted by molar-refractivity contribution is 7.77. The molecule has 7 nitrogen and oxygen atoms in total. The maximum atomic E-state index is 14.8. The summed E-state index contributed by atoms with van der Waals surface area (Å²) in [6, 6.07) is 9.38. The third-order valence-electron chi connectivity index (χ3n) is 4.16. The quantitative estimate of drug-likeness (QED) is 0.352. The second kappa shape index (κ2) is 8.96. The van der Waals surface area contributed by atoms with E-state index in [1.807, 2.05) is 0 Å². The molecule has 0 aliphatic heterocycles. The van der Waals surface area contributed by atoms with Crippen LogP contribution in [0.5, 0.6) is 5.88 Å². The van der Waals surface area contributed by atoms with Crippen molar-refractivity contribution in [3.8, 4) is 5.88 Å². The molecule has 1 aromatic heterocycles. The molecule has 1 atom stereocenters. The molecular weight excluding hydrogens is 385 g/mol. The number of hydrogen-bond acceptors (Lipinski definition) is 6. The summed E-state index contributed by atoms with van der Waals surface area (Å²) in [7, 11) is 1.47. The van der Waals surface area contributed by atoms with Crippen molar-refractivity contribution in [2.24, 2.45) is 0 Å². The van der Waals surface area contributed by atoms with Crippen molar-refractivity contribution in [3.63, 3.8) is 0 Å². The van der Waals surface area contributed by atoms with Crippen molar-refractivity contribution in [3.05, 3.63) is 65.1 Å². The zero-order valence-electron chi connectivity index (χ0n) is 15.0. The number of aryl methyl sites for hydroxylation is 1. The lowest BCUT2D eigenvalue weighted by Gasteiger charge is -2.10. The van der Waals surface area contributed by atoms with E-state index < -0.39 is 22.9 Å². The number of carbonyl (C=O) groups is 1. The maximum absolute atomic E-state index is 14.8. The number of carbonyl (C=O) groups excluding carboxylic acids is 1. The first-order chi connectivity index (χ1) is 13.5. The molecule has 0 aliphatic rings. The first-order valence-electron chi connectivity index (χ1n) is 8.45. The molecule has 3 rings (SSSR count). The third-order valence-corrected chi connectivity index (χ3v) is 4.60. The van der Waals surface area contributed by atoms with E-state index in [0.717, 1.165) is 0 Å². The van der Waals surface area contributed by atoms with Crippen LogP contribution in [0, 0.1) is 5.82 Å². The van der Waals surface area contributed by atoms with Gasteiger partial charge in [0.2, 0.25) is 5.88 Å². The Labute approximate surface area is 163 Å². The van der Waals surface area contributed by atoms with Crippen molar-refractivity contribution in [1.29, 1.82) is 0 Å². The molecule has 28 heavy (non-hydrogen) atoms. The molecular formula is C19H17FN3O4S-. The first kappa shape index (κ1) is 20.0. The van der Waals surface area contributed by atoms with E-state index in [1.165, 1.54) is 19.4 Å². The fraction of sp³-hybridized carbons (Fsp3) is 0.211. The highest BCUT2D eigenvalue weighted by Gasteiger charge is 2.17. The minimum absolute atomic E-state index is 0.0481. The minimum atomic E-state index is -2.35. The molecule has 0 aliphatic carbocycles. The predicted octanol–water partition coefficient (Wildman–Crippen LogP) is 2.32. The largest absolute Gasteiger partial charge is 0.760 e. The van der Waals surface area contributed by atoms with Crippen LogP contribution in [0.4, 0.5) is 4.39 Å². The summed E-state index contributed by atoms with van der Waals surface area (Å²) in [5.74, 6) is -0.755. The molecule has 0 amide bonds. The molecule has 2 aromatic carbocycles. The van der Waals surface area contributed by atoms with E-state index in [1.54, 1.807) is 30.3 Å². The number of benzene rings is 2. The number of hydrogen-bond donors (Lipinski definition) is 1. The topological polar surface area (TPSA) is 104 Å². The van der Waals surface area contributed by atoms with Crippen molar-refractivity contribution >= 4 is 28.1 Å². The van der Waals surface area contributed by atoms with Crippen LogP contribution < -0.4 is 9.46 Å². The first-order valence-corrected chi connectivity index (χ1v) is 9.52. The molecule has 3 aromatic rings. The van der Waals surface area contributed by atoms with E-state index in [2.05, 4.69) is 14.7 Å². The van der Waals surface area contributed by atoms with Gasteiger partial charge in [-0.25, -0.2) is 19.1 Å². The maximum Gasteiger partial charge on any atom is 0.232 e. The van der Waals surface area contributed by atoms with Gasteiger partial charge in [-0.2, -0.15) is 0 Å². The van der Waals surface area contributed by atoms with Gasteiger partial charge in [0.1, 0.15) is 5.82 Å². The van der Waals surface area contributed by atoms with Gasteiger partial charge >= 0.3 is 0 Å². The van der Waals surface area contributed by atoms with Crippen LogP contribution in [0.25, 0.3) is 11.0 Å². The number of ketones is 1. The Morgan fingerprint density at radius 2 is 2.11 bits per heavy atom. The van der Waals surface area contributed by atoms with Gasteiger partial charge < -0.3 is 9.29 Å². The van der Waals surface area contributed by atoms with Crippen molar-refractivity contribution in [1.82, 2.24) is 14.7 Å². The van der Waals surface area contributed by atoms with E-state index in [0.29, 0.717) is 35.3 Å². The standard InChI is InChI=1S/C19H18FN3O4S/c1-27-17-11-21-15-8-7-13(10-16(15)23-17)19(24)14-6-2-4-12(18(14)20)5-3-9-22-28(25)26/h2,4,6-8,10-11,22H,3,5,9H2,1H3,(H,25,26)/p-1. The highest BCUT2D eigenvalue weighted by atomic mass is 32.2. The highest BCUT2D eigenvalue weighted by Crippen LogP contribution is 2.21. The van der Waals surface area contributed by atoms with Crippen molar-refractivity contribution in [2.75, 3.05) is 13.7 Å². The lowest BCUT2D eigenvalue weighted by atomic mass is 9.98. The minimum Gasteiger partial charge on any atom is -0.760 e. The van der Waals surface area contributed by atoms with Gasteiger partial charge in [0.05, 0.1) is 29.9 Å². The summed E-state index contributed by atoms with van der Waals surface area (Å²) in [5.41, 5.74) is 1.66. The number of nitrogens with zero attached hydrogens (tertiary/aromatic N) is 2. The second-order valence-corrected chi connectivity index (χ2v) is 6.71. The lowest BCUT2D eigenvalue weighted by Crippen LogP contribution is -2.18. The Hall–Kier alpha value is -2.75. The van der Waals surface area contributed by atoms with Crippen LogP contribution in [-0.2, 0) is 17.7 Å². The second-order valence-electron chi connectivity index (χ2n) is 5.96. The fourth-order valence-electron chi connectivity index (χ4n) is 2.77. The SMILES string of the molecule is COc1cnc2ccc(C(=O)c3cccc(CCCNS(=O)[O-])c3F)cc2n1. The molecule has 0 bridgehead atoms. The zero-order valence-corrected chi connectivity index (χ0v) is 15.8. The number of fused-ring (bicyclic) bond motifs is 1. The molecule has 0 saturated carbocycles. The molecule has 1 heterocycles. The van der Waals surface area contributed by atoms with E-state index in [9.17, 15) is 17.9 Å². The summed E-state index contributed by atoms with van der Waals surface area (Å²) >= 11 is -2.35. The van der Waals surface area contributed by atoms with Crippen LogP contribution in [0.3, 0.4) is 0 Å². The normalized spacial score (nSPS) is 12.1. The summed E-state index contributed by atoms with van der Waals surface area (Å²) in [5, 5.41) is 0.